The number of benzene rings is 2. The zero-order chi connectivity index (χ0) is 25.3. The maximum absolute atomic E-state index is 14.9. The molecule has 0 saturated heterocycles. The molecule has 0 radical (unpaired) electrons. The minimum Gasteiger partial charge on any atom is -0.353 e. The predicted molar refractivity (Wildman–Crippen MR) is 147 cm³/mol. The van der Waals surface area contributed by atoms with Gasteiger partial charge in [-0.2, -0.15) is 5.10 Å². The number of hydrogen-bond acceptors (Lipinski definition) is 5. The van der Waals surface area contributed by atoms with Crippen LogP contribution in [0.15, 0.2) is 93.7 Å². The number of nitrogens with two attached hydrogens (primary N) is 1. The molecule has 0 amide bonds. The summed E-state index contributed by atoms with van der Waals surface area (Å²) in [6.45, 7) is 14.3. The third-order valence-corrected chi connectivity index (χ3v) is 7.19. The van der Waals surface area contributed by atoms with Crippen LogP contribution in [0.25, 0.3) is 0 Å². The number of nitrogens with zero attached hydrogens (tertiary/aromatic N) is 2. The number of hydrogen-bond donors (Lipinski definition) is 2. The molecule has 1 fully saturated rings. The average Bonchev–Trinajstić information content (AvgIpc) is 3.65. The second kappa shape index (κ2) is 10.4. The van der Waals surface area contributed by atoms with Crippen molar-refractivity contribution in [2.24, 2.45) is 10.2 Å². The molecule has 2 aromatic rings. The molecule has 182 valence electrons. The van der Waals surface area contributed by atoms with E-state index in [0.29, 0.717) is 17.1 Å². The quantitative estimate of drug-likeness (QED) is 0.283. The molecule has 0 unspecified atom stereocenters. The van der Waals surface area contributed by atoms with Gasteiger partial charge in [-0.15, -0.1) is 6.58 Å². The number of halogens is 2. The molecule has 4 rings (SSSR count). The van der Waals surface area contributed by atoms with Crippen LogP contribution in [0.2, 0.25) is 5.02 Å². The van der Waals surface area contributed by atoms with Crippen LogP contribution < -0.4 is 10.5 Å². The van der Waals surface area contributed by atoms with Crippen molar-refractivity contribution in [3.8, 4) is 0 Å². The average molecular weight is 509 g/mol. The molecule has 1 saturated carbocycles. The van der Waals surface area contributed by atoms with E-state index in [9.17, 15) is 4.39 Å². The lowest BCUT2D eigenvalue weighted by Gasteiger charge is -2.34. The molecule has 0 spiro atoms. The van der Waals surface area contributed by atoms with Crippen LogP contribution in [0.1, 0.15) is 44.2 Å². The van der Waals surface area contributed by atoms with Gasteiger partial charge in [0.15, 0.2) is 0 Å². The Morgan fingerprint density at radius 3 is 2.66 bits per heavy atom. The smallest absolute Gasteiger partial charge is 0.146 e. The summed E-state index contributed by atoms with van der Waals surface area (Å²) < 4.78 is 14.9. The van der Waals surface area contributed by atoms with Gasteiger partial charge in [-0.1, -0.05) is 48.0 Å². The topological polar surface area (TPSA) is 53.6 Å². The van der Waals surface area contributed by atoms with E-state index in [1.807, 2.05) is 56.1 Å². The number of rotatable bonds is 8. The first-order valence-electron chi connectivity index (χ1n) is 11.5. The number of aryl methyl sites for hydroxylation is 1. The van der Waals surface area contributed by atoms with E-state index in [1.165, 1.54) is 6.07 Å². The van der Waals surface area contributed by atoms with Crippen molar-refractivity contribution in [2.75, 3.05) is 5.32 Å². The van der Waals surface area contributed by atoms with Crippen molar-refractivity contribution in [2.45, 2.75) is 51.0 Å². The zero-order valence-electron chi connectivity index (χ0n) is 20.3. The van der Waals surface area contributed by atoms with Crippen LogP contribution in [0, 0.1) is 12.7 Å². The molecule has 3 N–H and O–H groups in total. The molecule has 2 aliphatic rings. The third kappa shape index (κ3) is 5.10. The van der Waals surface area contributed by atoms with Crippen molar-refractivity contribution in [3.63, 3.8) is 0 Å². The maximum Gasteiger partial charge on any atom is 0.146 e. The molecule has 0 atom stereocenters. The van der Waals surface area contributed by atoms with Crippen LogP contribution in [-0.2, 0) is 0 Å². The number of nitrogens with one attached hydrogen (secondary N) is 1. The van der Waals surface area contributed by atoms with Gasteiger partial charge in [0.1, 0.15) is 5.82 Å². The Hall–Kier alpha value is -2.80. The number of allylic oxidation sites excluding steroid dienone is 3. The van der Waals surface area contributed by atoms with E-state index in [0.717, 1.165) is 74.6 Å². The van der Waals surface area contributed by atoms with E-state index in [-0.39, 0.29) is 11.9 Å². The Bertz CT molecular complexity index is 1290. The molecule has 7 heteroatoms. The largest absolute Gasteiger partial charge is 0.353 e. The summed E-state index contributed by atoms with van der Waals surface area (Å²) in [5, 5.41) is 16.8. The van der Waals surface area contributed by atoms with E-state index in [4.69, 9.17) is 21.8 Å². The first kappa shape index (κ1) is 25.3. The highest BCUT2D eigenvalue weighted by molar-refractivity contribution is 7.97. The molecular formula is C28H30ClFN4S. The van der Waals surface area contributed by atoms with Gasteiger partial charge in [-0.25, -0.2) is 4.39 Å². The van der Waals surface area contributed by atoms with Gasteiger partial charge >= 0.3 is 0 Å². The van der Waals surface area contributed by atoms with E-state index >= 15 is 0 Å². The van der Waals surface area contributed by atoms with Crippen molar-refractivity contribution in [3.05, 3.63) is 106 Å². The van der Waals surface area contributed by atoms with Gasteiger partial charge in [-0.05, 0) is 81.3 Å². The van der Waals surface area contributed by atoms with Crippen molar-refractivity contribution < 1.29 is 4.39 Å². The van der Waals surface area contributed by atoms with E-state index in [2.05, 4.69) is 18.5 Å². The van der Waals surface area contributed by atoms with Gasteiger partial charge in [0.2, 0.25) is 0 Å². The number of hydrazone groups is 1. The third-order valence-electron chi connectivity index (χ3n) is 6.08. The Kier molecular flexibility index (Phi) is 7.55. The summed E-state index contributed by atoms with van der Waals surface area (Å²) in [5.41, 5.74) is 7.22. The minimum atomic E-state index is -0.306. The van der Waals surface area contributed by atoms with E-state index < -0.39 is 0 Å². The highest BCUT2D eigenvalue weighted by atomic mass is 35.5. The summed E-state index contributed by atoms with van der Waals surface area (Å²) in [6.07, 6.45) is 4.46. The van der Waals surface area contributed by atoms with Gasteiger partial charge in [0.25, 0.3) is 0 Å². The van der Waals surface area contributed by atoms with Crippen LogP contribution in [0.3, 0.4) is 0 Å². The molecule has 35 heavy (non-hydrogen) atoms. The van der Waals surface area contributed by atoms with Crippen LogP contribution in [0.5, 0.6) is 0 Å². The SMILES string of the molecule is C=CCC1=C(C(Nc2ccc(C)cc2F)=C(C)C)C(=C)N(C2CC2)N=C1c1cccc(SN)c1Cl. The Labute approximate surface area is 216 Å². The summed E-state index contributed by atoms with van der Waals surface area (Å²) in [6, 6.07) is 11.2. The maximum atomic E-state index is 14.9. The molecule has 1 heterocycles. The van der Waals surface area contributed by atoms with Crippen LogP contribution in [0.4, 0.5) is 10.1 Å². The fraction of sp³-hybridized carbons (Fsp3) is 0.250. The fourth-order valence-corrected chi connectivity index (χ4v) is 4.91. The Morgan fingerprint density at radius 2 is 2.06 bits per heavy atom. The zero-order valence-corrected chi connectivity index (χ0v) is 21.9. The van der Waals surface area contributed by atoms with Gasteiger partial charge < -0.3 is 5.32 Å². The highest BCUT2D eigenvalue weighted by Crippen LogP contribution is 2.42. The molecule has 0 bridgehead atoms. The second-order valence-electron chi connectivity index (χ2n) is 9.04. The van der Waals surface area contributed by atoms with Crippen LogP contribution in [-0.4, -0.2) is 16.8 Å². The Morgan fingerprint density at radius 1 is 1.31 bits per heavy atom. The number of anilines is 1. The van der Waals surface area contributed by atoms with Crippen molar-refractivity contribution in [1.29, 1.82) is 0 Å². The first-order valence-corrected chi connectivity index (χ1v) is 12.8. The monoisotopic (exact) mass is 508 g/mol. The summed E-state index contributed by atoms with van der Waals surface area (Å²) >= 11 is 7.90. The Balaban J connectivity index is 1.94. The van der Waals surface area contributed by atoms with E-state index in [1.54, 1.807) is 6.07 Å². The fourth-order valence-electron chi connectivity index (χ4n) is 4.19. The van der Waals surface area contributed by atoms with Gasteiger partial charge in [0.05, 0.1) is 28.2 Å². The lowest BCUT2D eigenvalue weighted by atomic mass is 9.89. The normalized spacial score (nSPS) is 15.8. The summed E-state index contributed by atoms with van der Waals surface area (Å²) in [5.74, 6) is -0.306. The van der Waals surface area contributed by atoms with Crippen molar-refractivity contribution in [1.82, 2.24) is 5.01 Å². The lowest BCUT2D eigenvalue weighted by molar-refractivity contribution is 0.358. The molecule has 1 aliphatic carbocycles. The van der Waals surface area contributed by atoms with Crippen LogP contribution >= 0.6 is 23.5 Å². The molecule has 2 aromatic carbocycles. The van der Waals surface area contributed by atoms with Gasteiger partial charge in [0, 0.05) is 21.7 Å². The molecule has 4 nitrogen and oxygen atoms in total. The highest BCUT2D eigenvalue weighted by Gasteiger charge is 2.37. The second-order valence-corrected chi connectivity index (χ2v) is 10.1. The predicted octanol–water partition coefficient (Wildman–Crippen LogP) is 7.73. The molecular weight excluding hydrogens is 479 g/mol. The van der Waals surface area contributed by atoms with Crippen molar-refractivity contribution >= 4 is 34.9 Å². The minimum absolute atomic E-state index is 0.276. The standard InChI is InChI=1S/C28H30ClFN4S/c1-6-8-20-25(27(16(2)3)32-23-14-11-17(4)15-22(23)30)18(5)34(19-12-13-19)33-28(20)21-9-7-10-24(35-31)26(21)29/h6-7,9-11,14-15,19,32H,1,5,8,12-13,31H2,2-4H3. The van der Waals surface area contributed by atoms with Gasteiger partial charge in [-0.3, -0.25) is 10.1 Å². The summed E-state index contributed by atoms with van der Waals surface area (Å²) in [4.78, 5) is 0.774. The molecule has 1 aliphatic heterocycles. The first-order chi connectivity index (χ1) is 16.8. The molecule has 0 aromatic heterocycles. The lowest BCUT2D eigenvalue weighted by Crippen LogP contribution is -2.31. The summed E-state index contributed by atoms with van der Waals surface area (Å²) in [7, 11) is 0.